The van der Waals surface area contributed by atoms with Crippen molar-refractivity contribution in [3.8, 4) is 0 Å². The molecule has 4 fully saturated rings. The molecule has 4 aliphatic rings. The molecule has 0 unspecified atom stereocenters. The molecule has 24 heteroatoms. The second-order valence-corrected chi connectivity index (χ2v) is 17.4. The minimum atomic E-state index is -1.66. The molecule has 4 heterocycles. The summed E-state index contributed by atoms with van der Waals surface area (Å²) >= 11 is 0. The second-order valence-electron chi connectivity index (χ2n) is 17.4. The maximum Gasteiger partial charge on any atom is 0.303 e. The summed E-state index contributed by atoms with van der Waals surface area (Å²) in [4.78, 5) is 35.2. The Balaban J connectivity index is 1.25. The fraction of sp³-hybridized carbons (Fsp3) is 0.574. The molecule has 3 aromatic rings. The zero-order valence-corrected chi connectivity index (χ0v) is 39.7. The summed E-state index contributed by atoms with van der Waals surface area (Å²) in [7, 11) is 1.32. The molecule has 0 spiro atoms. The number of methoxy groups -OCH3 is 1. The smallest absolute Gasteiger partial charge is 0.303 e. The van der Waals surface area contributed by atoms with E-state index in [-0.39, 0.29) is 39.6 Å². The number of azide groups is 3. The van der Waals surface area contributed by atoms with Gasteiger partial charge in [0.15, 0.2) is 24.7 Å². The maximum absolute atomic E-state index is 13.2. The summed E-state index contributed by atoms with van der Waals surface area (Å²) in [6.45, 7) is 5.69. The highest BCUT2D eigenvalue weighted by molar-refractivity contribution is 5.66. The zero-order valence-electron chi connectivity index (χ0n) is 39.7. The molecule has 0 saturated carbocycles. The first-order valence-electron chi connectivity index (χ1n) is 22.9. The van der Waals surface area contributed by atoms with Gasteiger partial charge in [-0.2, -0.15) is 0 Å². The SMILES string of the molecule is CO[C@H]1O[C@H](COCc2ccccc2)[C@H](O[C@H]2O[C@H](COCc3ccccc3)[C@H](O[C@@H]3O[C@H](COCc4ccccc4)[C@@H]4OC(C)(C)O[C@@H]4[C@H]3N=[N+]=[N-])[C@H](OC(C)=O)[C@H]2N=[N+]=[N-])[C@H](OC(C)=O)[C@H]1N=[N+]=[N-]. The van der Waals surface area contributed by atoms with Crippen LogP contribution in [0.3, 0.4) is 0 Å². The van der Waals surface area contributed by atoms with Gasteiger partial charge in [-0.15, -0.1) is 0 Å². The van der Waals surface area contributed by atoms with Crippen LogP contribution in [-0.2, 0) is 91.0 Å². The minimum Gasteiger partial charge on any atom is -0.459 e. The number of hydrogen-bond acceptors (Lipinski definition) is 18. The normalized spacial score (nSPS) is 31.9. The summed E-state index contributed by atoms with van der Waals surface area (Å²) in [5, 5.41) is 12.0. The van der Waals surface area contributed by atoms with Crippen LogP contribution in [0, 0.1) is 0 Å². The molecule has 7 rings (SSSR count). The minimum absolute atomic E-state index is 0.0161. The number of fused-ring (bicyclic) bond motifs is 1. The lowest BCUT2D eigenvalue weighted by Crippen LogP contribution is -2.66. The van der Waals surface area contributed by atoms with Crippen molar-refractivity contribution in [1.29, 1.82) is 0 Å². The van der Waals surface area contributed by atoms with Gasteiger partial charge in [-0.25, -0.2) is 0 Å². The monoisotopic (exact) mass is 987 g/mol. The van der Waals surface area contributed by atoms with Crippen molar-refractivity contribution in [3.63, 3.8) is 0 Å². The Morgan fingerprint density at radius 1 is 0.535 bits per heavy atom. The number of carbonyl (C=O) groups excluding carboxylic acids is 2. The van der Waals surface area contributed by atoms with Gasteiger partial charge in [0.1, 0.15) is 73.1 Å². The predicted molar refractivity (Wildman–Crippen MR) is 245 cm³/mol. The van der Waals surface area contributed by atoms with Gasteiger partial charge in [0.05, 0.1) is 39.6 Å². The Bertz CT molecular complexity index is 2340. The molecule has 4 saturated heterocycles. The molecular weight excluding hydrogens is 931 g/mol. The van der Waals surface area contributed by atoms with Crippen molar-refractivity contribution >= 4 is 11.9 Å². The average molecular weight is 988 g/mol. The van der Waals surface area contributed by atoms with E-state index in [1.165, 1.54) is 7.11 Å². The van der Waals surface area contributed by atoms with Crippen LogP contribution in [-0.4, -0.2) is 137 Å². The van der Waals surface area contributed by atoms with Crippen molar-refractivity contribution in [2.24, 2.45) is 15.3 Å². The zero-order chi connectivity index (χ0) is 50.3. The predicted octanol–water partition coefficient (Wildman–Crippen LogP) is 6.65. The van der Waals surface area contributed by atoms with E-state index in [9.17, 15) is 26.2 Å². The van der Waals surface area contributed by atoms with E-state index in [0.29, 0.717) is 0 Å². The van der Waals surface area contributed by atoms with Crippen LogP contribution in [0.1, 0.15) is 44.4 Å². The standard InChI is InChI=1S/C47H57N9O15/c1-27(57)63-41-35(51-54-48)44(59-5)65-32(24-60-21-29-15-9-6-10-16-29)38(41)68-45-36(52-55-49)42(64-28(2)58)39(33(66-45)25-61-22-30-17-11-7-12-18-30)69-46-37(53-56-50)43-40(70-47(3,4)71-43)34(67-46)26-62-23-31-19-13-8-14-20-31/h6-20,32-46H,21-26H2,1-5H3/t32-,33-,34-,35-,36-,37-,38+,39+,40+,41-,42-,43-,44+,45-,46+/m1/s1. The van der Waals surface area contributed by atoms with Gasteiger partial charge in [-0.05, 0) is 47.1 Å². The van der Waals surface area contributed by atoms with Gasteiger partial charge in [0, 0.05) is 35.7 Å². The third kappa shape index (κ3) is 13.9. The van der Waals surface area contributed by atoms with Crippen molar-refractivity contribution in [3.05, 3.63) is 139 Å². The van der Waals surface area contributed by atoms with Crippen LogP contribution < -0.4 is 0 Å². The van der Waals surface area contributed by atoms with Gasteiger partial charge in [0.2, 0.25) is 0 Å². The molecule has 0 N–H and O–H groups in total. The van der Waals surface area contributed by atoms with E-state index in [2.05, 4.69) is 30.1 Å². The molecule has 0 radical (unpaired) electrons. The van der Waals surface area contributed by atoms with Gasteiger partial charge in [-0.3, -0.25) is 9.59 Å². The van der Waals surface area contributed by atoms with Gasteiger partial charge in [-0.1, -0.05) is 106 Å². The lowest BCUT2D eigenvalue weighted by molar-refractivity contribution is -0.349. The maximum atomic E-state index is 13.2. The highest BCUT2D eigenvalue weighted by atomic mass is 16.8. The molecular formula is C47H57N9O15. The number of carbonyl (C=O) groups is 2. The molecule has 0 aromatic heterocycles. The van der Waals surface area contributed by atoms with Crippen LogP contribution in [0.25, 0.3) is 31.3 Å². The van der Waals surface area contributed by atoms with E-state index in [4.69, 9.17) is 61.6 Å². The third-order valence-electron chi connectivity index (χ3n) is 11.8. The van der Waals surface area contributed by atoms with E-state index in [1.54, 1.807) is 13.8 Å². The molecule has 24 nitrogen and oxygen atoms in total. The Hall–Kier alpha value is -5.91. The van der Waals surface area contributed by atoms with Crippen LogP contribution in [0.4, 0.5) is 0 Å². The third-order valence-corrected chi connectivity index (χ3v) is 11.8. The fourth-order valence-corrected chi connectivity index (χ4v) is 8.90. The Morgan fingerprint density at radius 2 is 0.901 bits per heavy atom. The number of rotatable bonds is 22. The van der Waals surface area contributed by atoms with Crippen molar-refractivity contribution in [2.75, 3.05) is 26.9 Å². The summed E-state index contributed by atoms with van der Waals surface area (Å²) in [6.07, 6.45) is -15.1. The largest absolute Gasteiger partial charge is 0.459 e. The topological polar surface area (TPSA) is 300 Å². The fourth-order valence-electron chi connectivity index (χ4n) is 8.90. The second kappa shape index (κ2) is 25.5. The first-order valence-corrected chi connectivity index (χ1v) is 22.9. The molecule has 0 amide bonds. The Labute approximate surface area is 408 Å². The number of benzene rings is 3. The number of hydrogen-bond donors (Lipinski definition) is 0. The highest BCUT2D eigenvalue weighted by Gasteiger charge is 2.59. The Kier molecular flexibility index (Phi) is 19.0. The van der Waals surface area contributed by atoms with Crippen molar-refractivity contribution in [2.45, 2.75) is 145 Å². The van der Waals surface area contributed by atoms with E-state index < -0.39 is 110 Å². The van der Waals surface area contributed by atoms with Crippen LogP contribution >= 0.6 is 0 Å². The molecule has 380 valence electrons. The van der Waals surface area contributed by atoms with E-state index >= 15 is 0 Å². The first-order chi connectivity index (χ1) is 34.4. The van der Waals surface area contributed by atoms with Crippen LogP contribution in [0.5, 0.6) is 0 Å². The molecule has 15 atom stereocenters. The molecule has 0 bridgehead atoms. The lowest BCUT2D eigenvalue weighted by Gasteiger charge is -2.49. The highest BCUT2D eigenvalue weighted by Crippen LogP contribution is 2.42. The van der Waals surface area contributed by atoms with Crippen molar-refractivity contribution in [1.82, 2.24) is 0 Å². The lowest BCUT2D eigenvalue weighted by atomic mass is 9.94. The van der Waals surface area contributed by atoms with Gasteiger partial charge >= 0.3 is 11.9 Å². The summed E-state index contributed by atoms with van der Waals surface area (Å²) in [6, 6.07) is 23.9. The summed E-state index contributed by atoms with van der Waals surface area (Å²) < 4.78 is 81.6. The van der Waals surface area contributed by atoms with Crippen LogP contribution in [0.15, 0.2) is 106 Å². The van der Waals surface area contributed by atoms with Gasteiger partial charge < -0.3 is 61.6 Å². The number of ether oxygens (including phenoxy) is 13. The molecule has 3 aromatic carbocycles. The average Bonchev–Trinajstić information content (AvgIpc) is 3.69. The molecule has 0 aliphatic carbocycles. The Morgan fingerprint density at radius 3 is 1.32 bits per heavy atom. The van der Waals surface area contributed by atoms with E-state index in [1.807, 2.05) is 91.0 Å². The van der Waals surface area contributed by atoms with Crippen LogP contribution in [0.2, 0.25) is 0 Å². The molecule has 71 heavy (non-hydrogen) atoms. The van der Waals surface area contributed by atoms with Crippen molar-refractivity contribution < 1.29 is 71.2 Å². The number of esters is 2. The molecule has 4 aliphatic heterocycles. The summed E-state index contributed by atoms with van der Waals surface area (Å²) in [5.41, 5.74) is 32.3. The number of nitrogens with zero attached hydrogens (tertiary/aromatic N) is 9. The van der Waals surface area contributed by atoms with E-state index in [0.717, 1.165) is 30.5 Å². The first kappa shape index (κ1) is 52.9. The quantitative estimate of drug-likeness (QED) is 0.0440. The van der Waals surface area contributed by atoms with Gasteiger partial charge in [0.25, 0.3) is 0 Å². The summed E-state index contributed by atoms with van der Waals surface area (Å²) in [5.74, 6) is -2.74.